The minimum atomic E-state index is -0.788. The predicted molar refractivity (Wildman–Crippen MR) is 274 cm³/mol. The molecule has 0 amide bonds. The Bertz CT molecular complexity index is 1300. The number of allylic oxidation sites excluding steroid dienone is 16. The van der Waals surface area contributed by atoms with E-state index in [0.717, 1.165) is 135 Å². The molecule has 0 saturated heterocycles. The fourth-order valence-electron chi connectivity index (χ4n) is 6.87. The lowest BCUT2D eigenvalue weighted by molar-refractivity contribution is -0.167. The summed E-state index contributed by atoms with van der Waals surface area (Å²) in [5.74, 6) is -0.928. The van der Waals surface area contributed by atoms with Gasteiger partial charge in [0.2, 0.25) is 0 Å². The molecule has 0 aromatic heterocycles. The monoisotopic (exact) mass is 889 g/mol. The lowest BCUT2D eigenvalue weighted by atomic mass is 10.1. The zero-order valence-corrected chi connectivity index (χ0v) is 41.5. The molecule has 64 heavy (non-hydrogen) atoms. The molecule has 0 aromatic rings. The average Bonchev–Trinajstić information content (AvgIpc) is 3.29. The Morgan fingerprint density at radius 1 is 0.328 bits per heavy atom. The van der Waals surface area contributed by atoms with Crippen molar-refractivity contribution in [1.29, 1.82) is 0 Å². The van der Waals surface area contributed by atoms with Gasteiger partial charge in [0.05, 0.1) is 0 Å². The van der Waals surface area contributed by atoms with Gasteiger partial charge in [0.25, 0.3) is 0 Å². The first-order valence-electron chi connectivity index (χ1n) is 26.2. The zero-order valence-electron chi connectivity index (χ0n) is 41.5. The fourth-order valence-corrected chi connectivity index (χ4v) is 6.87. The Labute approximate surface area is 394 Å². The van der Waals surface area contributed by atoms with E-state index in [0.29, 0.717) is 19.3 Å². The van der Waals surface area contributed by atoms with Crippen LogP contribution in [0.2, 0.25) is 0 Å². The molecule has 0 aromatic carbocycles. The van der Waals surface area contributed by atoms with E-state index < -0.39 is 6.10 Å². The van der Waals surface area contributed by atoms with Crippen LogP contribution in [0.4, 0.5) is 0 Å². The molecule has 0 saturated carbocycles. The van der Waals surface area contributed by atoms with Gasteiger partial charge in [0.1, 0.15) is 13.2 Å². The second-order valence-corrected chi connectivity index (χ2v) is 17.1. The molecule has 1 atom stereocenters. The van der Waals surface area contributed by atoms with Gasteiger partial charge in [-0.2, -0.15) is 0 Å². The van der Waals surface area contributed by atoms with Gasteiger partial charge in [-0.3, -0.25) is 14.4 Å². The maximum Gasteiger partial charge on any atom is 0.306 e. The lowest BCUT2D eigenvalue weighted by Gasteiger charge is -2.18. The van der Waals surface area contributed by atoms with E-state index in [4.69, 9.17) is 14.2 Å². The number of hydrogen-bond donors (Lipinski definition) is 0. The molecule has 0 N–H and O–H groups in total. The molecule has 0 aliphatic heterocycles. The molecule has 0 aliphatic rings. The van der Waals surface area contributed by atoms with Gasteiger partial charge in [-0.05, 0) is 96.3 Å². The molecule has 364 valence electrons. The maximum absolute atomic E-state index is 12.7. The molecule has 0 radical (unpaired) electrons. The molecule has 6 heteroatoms. The standard InChI is InChI=1S/C58H96O6/c1-4-7-10-13-16-18-20-22-24-25-26-27-28-29-30-31-32-33-34-36-37-39-42-45-48-51-57(60)63-54-55(53-62-56(59)50-47-44-41-15-12-9-6-3)64-58(61)52-49-46-43-40-38-35-23-21-19-17-14-11-8-5-2/h7,10,14,16-18,21-24,26-27,29-30,32-33,55H,4-6,8-9,11-13,15,19-20,25,28,31,34-54H2,1-3H3/b10-7-,17-14-,18-16-,23-21-,24-22-,27-26-,30-29-,33-32-. The summed E-state index contributed by atoms with van der Waals surface area (Å²) in [5, 5.41) is 0. The van der Waals surface area contributed by atoms with Crippen LogP contribution in [0.25, 0.3) is 0 Å². The third-order valence-corrected chi connectivity index (χ3v) is 10.8. The van der Waals surface area contributed by atoms with Crippen LogP contribution in [-0.2, 0) is 28.6 Å². The fraction of sp³-hybridized carbons (Fsp3) is 0.672. The Hall–Kier alpha value is -3.67. The number of rotatable bonds is 46. The van der Waals surface area contributed by atoms with E-state index in [1.165, 1.54) is 57.8 Å². The quantitative estimate of drug-likeness (QED) is 0.0262. The first kappa shape index (κ1) is 60.3. The molecule has 0 heterocycles. The molecule has 6 nitrogen and oxygen atoms in total. The summed E-state index contributed by atoms with van der Waals surface area (Å²) in [6.07, 6.45) is 68.4. The van der Waals surface area contributed by atoms with E-state index in [-0.39, 0.29) is 31.1 Å². The zero-order chi connectivity index (χ0) is 46.5. The normalized spacial score (nSPS) is 12.9. The minimum absolute atomic E-state index is 0.0883. The summed E-state index contributed by atoms with van der Waals surface area (Å²) in [6, 6.07) is 0. The van der Waals surface area contributed by atoms with Crippen molar-refractivity contribution in [3.63, 3.8) is 0 Å². The van der Waals surface area contributed by atoms with Crippen molar-refractivity contribution in [2.75, 3.05) is 13.2 Å². The van der Waals surface area contributed by atoms with Crippen LogP contribution < -0.4 is 0 Å². The molecular formula is C58H96O6. The average molecular weight is 889 g/mol. The molecule has 0 bridgehead atoms. The Morgan fingerprint density at radius 3 is 1.00 bits per heavy atom. The van der Waals surface area contributed by atoms with Gasteiger partial charge in [0, 0.05) is 19.3 Å². The van der Waals surface area contributed by atoms with Crippen molar-refractivity contribution < 1.29 is 28.6 Å². The van der Waals surface area contributed by atoms with E-state index in [9.17, 15) is 14.4 Å². The number of ether oxygens (including phenoxy) is 3. The van der Waals surface area contributed by atoms with Crippen LogP contribution >= 0.6 is 0 Å². The minimum Gasteiger partial charge on any atom is -0.462 e. The molecule has 0 rings (SSSR count). The van der Waals surface area contributed by atoms with Crippen molar-refractivity contribution >= 4 is 17.9 Å². The van der Waals surface area contributed by atoms with E-state index in [2.05, 4.69) is 118 Å². The van der Waals surface area contributed by atoms with Gasteiger partial charge in [-0.1, -0.05) is 214 Å². The smallest absolute Gasteiger partial charge is 0.306 e. The molecular weight excluding hydrogens is 793 g/mol. The van der Waals surface area contributed by atoms with Crippen molar-refractivity contribution in [3.05, 3.63) is 97.2 Å². The second kappa shape index (κ2) is 52.0. The van der Waals surface area contributed by atoms with Crippen LogP contribution in [0.1, 0.15) is 233 Å². The van der Waals surface area contributed by atoms with E-state index in [1.54, 1.807) is 0 Å². The van der Waals surface area contributed by atoms with Crippen molar-refractivity contribution in [2.24, 2.45) is 0 Å². The molecule has 0 spiro atoms. The second-order valence-electron chi connectivity index (χ2n) is 17.1. The highest BCUT2D eigenvalue weighted by molar-refractivity contribution is 5.71. The molecule has 0 fully saturated rings. The maximum atomic E-state index is 12.7. The van der Waals surface area contributed by atoms with E-state index >= 15 is 0 Å². The summed E-state index contributed by atoms with van der Waals surface area (Å²) >= 11 is 0. The van der Waals surface area contributed by atoms with Gasteiger partial charge in [-0.25, -0.2) is 0 Å². The topological polar surface area (TPSA) is 78.9 Å². The van der Waals surface area contributed by atoms with Gasteiger partial charge in [0.15, 0.2) is 6.10 Å². The Morgan fingerprint density at radius 2 is 0.625 bits per heavy atom. The first-order valence-corrected chi connectivity index (χ1v) is 26.2. The van der Waals surface area contributed by atoms with Gasteiger partial charge >= 0.3 is 17.9 Å². The Balaban J connectivity index is 4.26. The highest BCUT2D eigenvalue weighted by Gasteiger charge is 2.19. The number of unbranched alkanes of at least 4 members (excludes halogenated alkanes) is 19. The summed E-state index contributed by atoms with van der Waals surface area (Å²) in [4.78, 5) is 37.8. The van der Waals surface area contributed by atoms with Gasteiger partial charge < -0.3 is 14.2 Å². The number of carbonyl (C=O) groups excluding carboxylic acids is 3. The number of carbonyl (C=O) groups is 3. The van der Waals surface area contributed by atoms with E-state index in [1.807, 2.05) is 0 Å². The van der Waals surface area contributed by atoms with Crippen LogP contribution in [0.5, 0.6) is 0 Å². The van der Waals surface area contributed by atoms with Crippen LogP contribution in [0, 0.1) is 0 Å². The van der Waals surface area contributed by atoms with Crippen molar-refractivity contribution in [1.82, 2.24) is 0 Å². The van der Waals surface area contributed by atoms with Gasteiger partial charge in [-0.15, -0.1) is 0 Å². The third kappa shape index (κ3) is 49.3. The summed E-state index contributed by atoms with van der Waals surface area (Å²) in [6.45, 7) is 6.40. The third-order valence-electron chi connectivity index (χ3n) is 10.8. The predicted octanol–water partition coefficient (Wildman–Crippen LogP) is 17.4. The molecule has 0 aliphatic carbocycles. The lowest BCUT2D eigenvalue weighted by Crippen LogP contribution is -2.30. The van der Waals surface area contributed by atoms with Crippen LogP contribution in [0.15, 0.2) is 97.2 Å². The molecule has 1 unspecified atom stereocenters. The highest BCUT2D eigenvalue weighted by Crippen LogP contribution is 2.13. The Kier molecular flexibility index (Phi) is 49.0. The number of esters is 3. The summed E-state index contributed by atoms with van der Waals surface area (Å²) in [7, 11) is 0. The highest BCUT2D eigenvalue weighted by atomic mass is 16.6. The largest absolute Gasteiger partial charge is 0.462 e. The number of hydrogen-bond acceptors (Lipinski definition) is 6. The summed E-state index contributed by atoms with van der Waals surface area (Å²) < 4.78 is 16.7. The van der Waals surface area contributed by atoms with Crippen molar-refractivity contribution in [2.45, 2.75) is 239 Å². The summed E-state index contributed by atoms with van der Waals surface area (Å²) in [5.41, 5.74) is 0. The van der Waals surface area contributed by atoms with Crippen LogP contribution in [0.3, 0.4) is 0 Å². The first-order chi connectivity index (χ1) is 31.5. The van der Waals surface area contributed by atoms with Crippen LogP contribution in [-0.4, -0.2) is 37.2 Å². The van der Waals surface area contributed by atoms with Crippen molar-refractivity contribution in [3.8, 4) is 0 Å². The SMILES string of the molecule is CC/C=C\C/C=C\C/C=C\C/C=C\C/C=C\C/C=C\CCCCCCCCC(=O)OCC(COC(=O)CCCCCCCCC)OC(=O)CCCCCCC/C=C\C/C=C\CCCC.